The second kappa shape index (κ2) is 4.28. The highest BCUT2D eigenvalue weighted by molar-refractivity contribution is 7.99. The molecule has 0 unspecified atom stereocenters. The summed E-state index contributed by atoms with van der Waals surface area (Å²) < 4.78 is 4.91. The van der Waals surface area contributed by atoms with Gasteiger partial charge in [0.25, 0.3) is 11.4 Å². The second-order valence-corrected chi connectivity index (χ2v) is 6.73. The number of fused-ring (bicyclic) bond motifs is 2. The Labute approximate surface area is 115 Å². The van der Waals surface area contributed by atoms with Crippen molar-refractivity contribution in [1.82, 2.24) is 0 Å². The van der Waals surface area contributed by atoms with Gasteiger partial charge in [0.2, 0.25) is 10.1 Å². The third-order valence-corrected chi connectivity index (χ3v) is 5.57. The molecule has 0 aromatic carbocycles. The zero-order valence-corrected chi connectivity index (χ0v) is 11.6. The maximum Gasteiger partial charge on any atom is 0.278 e. The van der Waals surface area contributed by atoms with Crippen molar-refractivity contribution in [2.24, 2.45) is 0 Å². The molecule has 0 saturated carbocycles. The molecular weight excluding hydrogens is 260 g/mol. The molecule has 0 aliphatic carbocycles. The molecule has 0 saturated heterocycles. The first-order valence-corrected chi connectivity index (χ1v) is 8.22. The highest BCUT2D eigenvalue weighted by atomic mass is 32.2. The van der Waals surface area contributed by atoms with Crippen LogP contribution in [0.25, 0.3) is 11.4 Å². The van der Waals surface area contributed by atoms with Gasteiger partial charge in [-0.2, -0.15) is 9.13 Å². The molecule has 0 N–H and O–H groups in total. The van der Waals surface area contributed by atoms with Gasteiger partial charge in [-0.3, -0.25) is 0 Å². The number of thioether (sulfide) groups is 2. The minimum atomic E-state index is 1.13. The van der Waals surface area contributed by atoms with Crippen molar-refractivity contribution >= 4 is 23.5 Å². The smallest absolute Gasteiger partial charge is 0.180 e. The van der Waals surface area contributed by atoms with E-state index in [-0.39, 0.29) is 0 Å². The van der Waals surface area contributed by atoms with Crippen molar-refractivity contribution in [3.8, 4) is 11.4 Å². The van der Waals surface area contributed by atoms with E-state index in [1.54, 1.807) is 0 Å². The summed E-state index contributed by atoms with van der Waals surface area (Å²) in [5.41, 5.74) is 2.73. The number of nitrogens with zero attached hydrogens (tertiary/aromatic N) is 2. The fourth-order valence-electron chi connectivity index (χ4n) is 2.68. The van der Waals surface area contributed by atoms with Crippen LogP contribution in [0.3, 0.4) is 0 Å². The molecule has 90 valence electrons. The lowest BCUT2D eigenvalue weighted by atomic mass is 10.2. The van der Waals surface area contributed by atoms with E-state index in [1.807, 2.05) is 23.5 Å². The van der Waals surface area contributed by atoms with Gasteiger partial charge in [0.15, 0.2) is 13.1 Å². The Morgan fingerprint density at radius 1 is 0.722 bits per heavy atom. The van der Waals surface area contributed by atoms with Gasteiger partial charge in [-0.05, 0) is 12.1 Å². The summed E-state index contributed by atoms with van der Waals surface area (Å²) in [6.07, 6.45) is 0. The maximum absolute atomic E-state index is 2.45. The lowest BCUT2D eigenvalue weighted by Crippen LogP contribution is -2.42. The highest BCUT2D eigenvalue weighted by Gasteiger charge is 2.32. The highest BCUT2D eigenvalue weighted by Crippen LogP contribution is 2.26. The van der Waals surface area contributed by atoms with Crippen LogP contribution in [0.1, 0.15) is 0 Å². The van der Waals surface area contributed by atoms with Crippen LogP contribution in [0.15, 0.2) is 46.5 Å². The Bertz CT molecular complexity index is 570. The predicted molar refractivity (Wildman–Crippen MR) is 73.7 cm³/mol. The van der Waals surface area contributed by atoms with Gasteiger partial charge < -0.3 is 0 Å². The molecule has 18 heavy (non-hydrogen) atoms. The molecule has 2 aliphatic rings. The summed E-state index contributed by atoms with van der Waals surface area (Å²) in [6, 6.07) is 13.3. The van der Waals surface area contributed by atoms with E-state index in [0.29, 0.717) is 0 Å². The largest absolute Gasteiger partial charge is 0.278 e. The molecular formula is C14H14N2S2+2. The van der Waals surface area contributed by atoms with E-state index in [9.17, 15) is 0 Å². The van der Waals surface area contributed by atoms with Crippen molar-refractivity contribution in [2.45, 2.75) is 23.1 Å². The van der Waals surface area contributed by atoms with Crippen LogP contribution in [-0.2, 0) is 13.1 Å². The van der Waals surface area contributed by atoms with Crippen molar-refractivity contribution < 1.29 is 9.13 Å². The summed E-state index contributed by atoms with van der Waals surface area (Å²) in [6.45, 7) is 2.26. The summed E-state index contributed by atoms with van der Waals surface area (Å²) in [5.74, 6) is 2.40. The van der Waals surface area contributed by atoms with Crippen LogP contribution in [0.5, 0.6) is 0 Å². The molecule has 4 heteroatoms. The zero-order chi connectivity index (χ0) is 11.9. The van der Waals surface area contributed by atoms with E-state index in [2.05, 4.69) is 45.5 Å². The van der Waals surface area contributed by atoms with Crippen LogP contribution in [0.2, 0.25) is 0 Å². The minimum absolute atomic E-state index is 1.13. The van der Waals surface area contributed by atoms with Crippen molar-refractivity contribution in [1.29, 1.82) is 0 Å². The SMILES string of the molecule is c1cc2[n+](c(-c3cccc4[n+]3CCS4)c1)CCS2. The first-order chi connectivity index (χ1) is 8.93. The Kier molecular flexibility index (Phi) is 2.59. The van der Waals surface area contributed by atoms with Gasteiger partial charge in [-0.1, -0.05) is 23.5 Å². The third kappa shape index (κ3) is 1.59. The summed E-state index contributed by atoms with van der Waals surface area (Å²) >= 11 is 3.92. The molecule has 0 radical (unpaired) electrons. The van der Waals surface area contributed by atoms with E-state index >= 15 is 0 Å². The first kappa shape index (κ1) is 10.9. The van der Waals surface area contributed by atoms with Gasteiger partial charge in [0.1, 0.15) is 0 Å². The van der Waals surface area contributed by atoms with E-state index in [1.165, 1.54) is 32.9 Å². The molecule has 4 heterocycles. The molecule has 2 nitrogen and oxygen atoms in total. The van der Waals surface area contributed by atoms with Gasteiger partial charge >= 0.3 is 0 Å². The normalized spacial score (nSPS) is 16.7. The van der Waals surface area contributed by atoms with Crippen LogP contribution >= 0.6 is 23.5 Å². The van der Waals surface area contributed by atoms with E-state index in [4.69, 9.17) is 0 Å². The third-order valence-electron chi connectivity index (χ3n) is 3.49. The van der Waals surface area contributed by atoms with Gasteiger partial charge in [-0.25, -0.2) is 0 Å². The number of hydrogen-bond acceptors (Lipinski definition) is 2. The fourth-order valence-corrected chi connectivity index (χ4v) is 4.69. The van der Waals surface area contributed by atoms with Gasteiger partial charge in [-0.15, -0.1) is 0 Å². The Hall–Kier alpha value is -1.00. The van der Waals surface area contributed by atoms with Crippen LogP contribution in [0, 0.1) is 0 Å². The molecule has 0 spiro atoms. The lowest BCUT2D eigenvalue weighted by molar-refractivity contribution is -0.741. The summed E-state index contributed by atoms with van der Waals surface area (Å²) in [7, 11) is 0. The van der Waals surface area contributed by atoms with Crippen LogP contribution in [0.4, 0.5) is 0 Å². The van der Waals surface area contributed by atoms with Crippen LogP contribution < -0.4 is 9.13 Å². The van der Waals surface area contributed by atoms with Crippen molar-refractivity contribution in [2.75, 3.05) is 11.5 Å². The first-order valence-electron chi connectivity index (χ1n) is 6.25. The average molecular weight is 274 g/mol. The monoisotopic (exact) mass is 274 g/mol. The Morgan fingerprint density at radius 3 is 1.72 bits per heavy atom. The number of aromatic nitrogens is 2. The fraction of sp³-hybridized carbons (Fsp3) is 0.286. The molecule has 2 aromatic heterocycles. The lowest BCUT2D eigenvalue weighted by Gasteiger charge is -2.01. The standard InChI is InChI=1S/C14H14N2S2/c1-3-11(15-7-9-17-13(15)5-1)12-4-2-6-14-16(12)8-10-18-14/h1-6H,7-10H2/q+2. The maximum atomic E-state index is 2.45. The van der Waals surface area contributed by atoms with Gasteiger partial charge in [0, 0.05) is 24.3 Å². The quantitative estimate of drug-likeness (QED) is 0.736. The van der Waals surface area contributed by atoms with E-state index in [0.717, 1.165) is 13.1 Å². The molecule has 0 fully saturated rings. The van der Waals surface area contributed by atoms with Crippen LogP contribution in [-0.4, -0.2) is 11.5 Å². The number of rotatable bonds is 1. The molecule has 2 aromatic rings. The summed E-state index contributed by atoms with van der Waals surface area (Å²) in [4.78, 5) is 0. The topological polar surface area (TPSA) is 7.76 Å². The molecule has 4 rings (SSSR count). The van der Waals surface area contributed by atoms with E-state index < -0.39 is 0 Å². The van der Waals surface area contributed by atoms with Crippen molar-refractivity contribution in [3.63, 3.8) is 0 Å². The Balaban J connectivity index is 1.95. The summed E-state index contributed by atoms with van der Waals surface area (Å²) in [5, 5.41) is 2.80. The number of pyridine rings is 2. The second-order valence-electron chi connectivity index (χ2n) is 4.50. The Morgan fingerprint density at radius 2 is 1.22 bits per heavy atom. The number of hydrogen-bond donors (Lipinski definition) is 0. The van der Waals surface area contributed by atoms with Gasteiger partial charge in [0.05, 0.1) is 11.5 Å². The zero-order valence-electron chi connectivity index (χ0n) is 10.0. The molecule has 2 aliphatic heterocycles. The molecule has 0 amide bonds. The average Bonchev–Trinajstić information content (AvgIpc) is 3.06. The molecule has 0 bridgehead atoms. The van der Waals surface area contributed by atoms with Crippen molar-refractivity contribution in [3.05, 3.63) is 36.4 Å². The molecule has 0 atom stereocenters. The minimum Gasteiger partial charge on any atom is -0.180 e. The predicted octanol–water partition coefficient (Wildman–Crippen LogP) is 2.14.